The fraction of sp³-hybridized carbons (Fsp3) is 0.786. The summed E-state index contributed by atoms with van der Waals surface area (Å²) in [6.45, 7) is 4.35. The fourth-order valence-electron chi connectivity index (χ4n) is 2.85. The van der Waals surface area contributed by atoms with Gasteiger partial charge in [0, 0.05) is 19.0 Å². The lowest BCUT2D eigenvalue weighted by Gasteiger charge is -2.33. The number of nitrogens with two attached hydrogens (primary N) is 1. The van der Waals surface area contributed by atoms with Crippen LogP contribution in [0.5, 0.6) is 0 Å². The topological polar surface area (TPSA) is 117 Å². The van der Waals surface area contributed by atoms with Crippen LogP contribution in [-0.2, 0) is 9.59 Å². The molecule has 0 radical (unpaired) electrons. The van der Waals surface area contributed by atoms with Gasteiger partial charge in [0.1, 0.15) is 5.41 Å². The van der Waals surface area contributed by atoms with E-state index < -0.39 is 5.41 Å². The number of carbonyl (C=O) groups excluding carboxylic acids is 2. The average molecular weight is 298 g/mol. The van der Waals surface area contributed by atoms with Crippen LogP contribution in [0, 0.1) is 5.41 Å². The Kier molecular flexibility index (Phi) is 6.45. The molecule has 0 spiro atoms. The van der Waals surface area contributed by atoms with Gasteiger partial charge in [-0.05, 0) is 19.3 Å². The monoisotopic (exact) mass is 298 g/mol. The molecule has 1 saturated heterocycles. The summed E-state index contributed by atoms with van der Waals surface area (Å²) in [6, 6.07) is -0.102. The van der Waals surface area contributed by atoms with Crippen LogP contribution in [0.1, 0.15) is 52.4 Å². The zero-order valence-corrected chi connectivity index (χ0v) is 12.8. The Morgan fingerprint density at radius 1 is 1.48 bits per heavy atom. The van der Waals surface area contributed by atoms with Gasteiger partial charge in [-0.1, -0.05) is 31.8 Å². The predicted molar refractivity (Wildman–Crippen MR) is 79.8 cm³/mol. The van der Waals surface area contributed by atoms with Crippen molar-refractivity contribution in [3.05, 3.63) is 0 Å². The van der Waals surface area contributed by atoms with Crippen LogP contribution < -0.4 is 16.4 Å². The molecule has 0 aromatic heterocycles. The van der Waals surface area contributed by atoms with Gasteiger partial charge < -0.3 is 21.6 Å². The maximum Gasteiger partial charge on any atom is 0.234 e. The maximum absolute atomic E-state index is 12.7. The predicted octanol–water partition coefficient (Wildman–Crippen LogP) is 0.714. The minimum atomic E-state index is -0.973. The third-order valence-corrected chi connectivity index (χ3v) is 3.99. The third kappa shape index (κ3) is 4.09. The van der Waals surface area contributed by atoms with Crippen molar-refractivity contribution >= 4 is 17.6 Å². The summed E-state index contributed by atoms with van der Waals surface area (Å²) in [5.74, 6) is -0.253. The minimum Gasteiger partial charge on any atom is -0.409 e. The lowest BCUT2D eigenvalue weighted by molar-refractivity contribution is -0.130. The van der Waals surface area contributed by atoms with E-state index >= 15 is 0 Å². The molecule has 7 heteroatoms. The Labute approximate surface area is 125 Å². The summed E-state index contributed by atoms with van der Waals surface area (Å²) in [5.41, 5.74) is 4.85. The molecule has 21 heavy (non-hydrogen) atoms. The van der Waals surface area contributed by atoms with E-state index in [1.165, 1.54) is 0 Å². The Hall–Kier alpha value is -1.79. The van der Waals surface area contributed by atoms with Gasteiger partial charge in [-0.25, -0.2) is 0 Å². The second-order valence-electron chi connectivity index (χ2n) is 5.58. The van der Waals surface area contributed by atoms with Crippen molar-refractivity contribution in [2.45, 2.75) is 58.4 Å². The average Bonchev–Trinajstić information content (AvgIpc) is 2.48. The molecule has 120 valence electrons. The first-order chi connectivity index (χ1) is 10.00. The number of rotatable bonds is 7. The lowest BCUT2D eigenvalue weighted by Crippen LogP contribution is -2.55. The van der Waals surface area contributed by atoms with E-state index in [2.05, 4.69) is 15.8 Å². The van der Waals surface area contributed by atoms with Crippen LogP contribution in [0.4, 0.5) is 0 Å². The summed E-state index contributed by atoms with van der Waals surface area (Å²) in [4.78, 5) is 23.9. The van der Waals surface area contributed by atoms with E-state index in [-0.39, 0.29) is 23.7 Å². The molecule has 0 aromatic carbocycles. The molecule has 1 atom stereocenters. The smallest absolute Gasteiger partial charge is 0.234 e. The van der Waals surface area contributed by atoms with E-state index in [1.54, 1.807) is 0 Å². The first kappa shape index (κ1) is 17.3. The standard InChI is InChI=1S/C14H26N4O3/c1-3-7-14(8-4-2,12(15)18-21)13(20)17-10-5-6-11(19)16-9-10/h10,21H,3-9H2,1-2H3,(H2,15,18)(H,16,19)(H,17,20). The summed E-state index contributed by atoms with van der Waals surface area (Å²) in [6.07, 6.45) is 3.59. The SMILES string of the molecule is CCCC(CCC)(C(=O)NC1CCC(=O)NC1)C(N)=NO. The highest BCUT2D eigenvalue weighted by molar-refractivity contribution is 6.06. The van der Waals surface area contributed by atoms with Crippen molar-refractivity contribution in [2.75, 3.05) is 6.54 Å². The molecule has 0 saturated carbocycles. The van der Waals surface area contributed by atoms with E-state index in [1.807, 2.05) is 13.8 Å². The van der Waals surface area contributed by atoms with Crippen molar-refractivity contribution < 1.29 is 14.8 Å². The molecule has 2 amide bonds. The van der Waals surface area contributed by atoms with E-state index in [4.69, 9.17) is 10.9 Å². The van der Waals surface area contributed by atoms with Gasteiger partial charge in [-0.15, -0.1) is 0 Å². The third-order valence-electron chi connectivity index (χ3n) is 3.99. The second kappa shape index (κ2) is 7.85. The van der Waals surface area contributed by atoms with Crippen LogP contribution in [0.3, 0.4) is 0 Å². The second-order valence-corrected chi connectivity index (χ2v) is 5.58. The van der Waals surface area contributed by atoms with E-state index in [9.17, 15) is 9.59 Å². The summed E-state index contributed by atoms with van der Waals surface area (Å²) < 4.78 is 0. The quantitative estimate of drug-likeness (QED) is 0.240. The van der Waals surface area contributed by atoms with Crippen LogP contribution in [-0.4, -0.2) is 35.4 Å². The van der Waals surface area contributed by atoms with Crippen molar-refractivity contribution in [3.8, 4) is 0 Å². The molecule has 1 fully saturated rings. The zero-order valence-electron chi connectivity index (χ0n) is 12.8. The Balaban J connectivity index is 2.86. The van der Waals surface area contributed by atoms with Crippen LogP contribution in [0.15, 0.2) is 5.16 Å². The molecule has 5 N–H and O–H groups in total. The van der Waals surface area contributed by atoms with Crippen LogP contribution in [0.25, 0.3) is 0 Å². The number of oxime groups is 1. The highest BCUT2D eigenvalue weighted by Gasteiger charge is 2.42. The van der Waals surface area contributed by atoms with Crippen LogP contribution in [0.2, 0.25) is 0 Å². The van der Waals surface area contributed by atoms with Crippen molar-refractivity contribution in [1.82, 2.24) is 10.6 Å². The van der Waals surface area contributed by atoms with Crippen molar-refractivity contribution in [1.29, 1.82) is 0 Å². The number of nitrogens with zero attached hydrogens (tertiary/aromatic N) is 1. The molecule has 1 rings (SSSR count). The number of amides is 2. The highest BCUT2D eigenvalue weighted by Crippen LogP contribution is 2.31. The normalized spacial score (nSPS) is 20.0. The van der Waals surface area contributed by atoms with Gasteiger partial charge in [0.05, 0.1) is 0 Å². The van der Waals surface area contributed by atoms with Gasteiger partial charge >= 0.3 is 0 Å². The van der Waals surface area contributed by atoms with E-state index in [0.717, 1.165) is 12.8 Å². The van der Waals surface area contributed by atoms with Crippen molar-refractivity contribution in [3.63, 3.8) is 0 Å². The maximum atomic E-state index is 12.7. The minimum absolute atomic E-state index is 0.00492. The molecule has 0 bridgehead atoms. The first-order valence-corrected chi connectivity index (χ1v) is 7.55. The number of hydrogen-bond acceptors (Lipinski definition) is 4. The zero-order chi connectivity index (χ0) is 15.9. The van der Waals surface area contributed by atoms with E-state index in [0.29, 0.717) is 32.2 Å². The number of amidine groups is 1. The van der Waals surface area contributed by atoms with Gasteiger partial charge in [0.15, 0.2) is 5.84 Å². The highest BCUT2D eigenvalue weighted by atomic mass is 16.4. The Bertz CT molecular complexity index is 393. The largest absolute Gasteiger partial charge is 0.409 e. The lowest BCUT2D eigenvalue weighted by atomic mass is 9.77. The molecule has 1 aliphatic heterocycles. The Morgan fingerprint density at radius 3 is 2.52 bits per heavy atom. The number of hydrogen-bond donors (Lipinski definition) is 4. The molecule has 0 aliphatic carbocycles. The molecule has 1 aliphatic rings. The summed E-state index contributed by atoms with van der Waals surface area (Å²) in [5, 5.41) is 17.8. The van der Waals surface area contributed by atoms with Crippen LogP contribution >= 0.6 is 0 Å². The van der Waals surface area contributed by atoms with Gasteiger partial charge in [0.2, 0.25) is 11.8 Å². The summed E-state index contributed by atoms with van der Waals surface area (Å²) in [7, 11) is 0. The molecule has 7 nitrogen and oxygen atoms in total. The van der Waals surface area contributed by atoms with Gasteiger partial charge in [-0.3, -0.25) is 9.59 Å². The fourth-order valence-corrected chi connectivity index (χ4v) is 2.85. The molecular formula is C14H26N4O3. The molecular weight excluding hydrogens is 272 g/mol. The van der Waals surface area contributed by atoms with Gasteiger partial charge in [0.25, 0.3) is 0 Å². The first-order valence-electron chi connectivity index (χ1n) is 7.55. The van der Waals surface area contributed by atoms with Gasteiger partial charge in [-0.2, -0.15) is 0 Å². The number of piperidine rings is 1. The molecule has 1 unspecified atom stereocenters. The molecule has 0 aromatic rings. The summed E-state index contributed by atoms with van der Waals surface area (Å²) >= 11 is 0. The number of carbonyl (C=O) groups is 2. The molecule has 1 heterocycles. The van der Waals surface area contributed by atoms with Crippen molar-refractivity contribution in [2.24, 2.45) is 16.3 Å². The number of nitrogens with one attached hydrogen (secondary N) is 2. The Morgan fingerprint density at radius 2 is 2.10 bits per heavy atom.